The Morgan fingerprint density at radius 3 is 2.50 bits per heavy atom. The van der Waals surface area contributed by atoms with Crippen LogP contribution in [0.5, 0.6) is 0 Å². The van der Waals surface area contributed by atoms with Crippen molar-refractivity contribution in [1.29, 1.82) is 0 Å². The zero-order valence-electron chi connectivity index (χ0n) is 16.3. The molecule has 0 saturated carbocycles. The van der Waals surface area contributed by atoms with Crippen LogP contribution in [0.3, 0.4) is 0 Å². The van der Waals surface area contributed by atoms with Gasteiger partial charge in [0.15, 0.2) is 0 Å². The Bertz CT molecular complexity index is 666. The lowest BCUT2D eigenvalue weighted by Gasteiger charge is -2.52. The molecule has 0 aliphatic carbocycles. The largest absolute Gasteiger partial charge is 0.465 e. The van der Waals surface area contributed by atoms with Gasteiger partial charge in [0.1, 0.15) is 5.82 Å². The fourth-order valence-electron chi connectivity index (χ4n) is 4.71. The second kappa shape index (κ2) is 7.18. The highest BCUT2D eigenvalue weighted by Crippen LogP contribution is 2.38. The zero-order chi connectivity index (χ0) is 19.1. The van der Waals surface area contributed by atoms with E-state index < -0.39 is 11.6 Å². The van der Waals surface area contributed by atoms with Gasteiger partial charge in [-0.2, -0.15) is 0 Å². The minimum atomic E-state index is -0.886. The van der Waals surface area contributed by atoms with Crippen LogP contribution in [0.1, 0.15) is 51.7 Å². The predicted molar refractivity (Wildman–Crippen MR) is 101 cm³/mol. The van der Waals surface area contributed by atoms with Crippen molar-refractivity contribution in [2.24, 2.45) is 11.8 Å². The quantitative estimate of drug-likeness (QED) is 0.848. The van der Waals surface area contributed by atoms with Crippen LogP contribution in [0.25, 0.3) is 0 Å². The van der Waals surface area contributed by atoms with Crippen molar-refractivity contribution in [2.75, 3.05) is 19.6 Å². The lowest BCUT2D eigenvalue weighted by atomic mass is 9.80. The number of rotatable bonds is 5. The fourth-order valence-corrected chi connectivity index (χ4v) is 4.71. The molecule has 3 saturated heterocycles. The van der Waals surface area contributed by atoms with E-state index in [1.54, 1.807) is 11.0 Å². The Hall–Kier alpha value is -1.62. The van der Waals surface area contributed by atoms with Gasteiger partial charge in [-0.3, -0.25) is 4.90 Å². The summed E-state index contributed by atoms with van der Waals surface area (Å²) >= 11 is 0. The molecule has 1 unspecified atom stereocenters. The molecule has 144 valence electrons. The second-order valence-electron chi connectivity index (χ2n) is 8.82. The Balaban J connectivity index is 1.94. The highest BCUT2D eigenvalue weighted by Gasteiger charge is 2.45. The van der Waals surface area contributed by atoms with Crippen molar-refractivity contribution in [2.45, 2.75) is 58.5 Å². The summed E-state index contributed by atoms with van der Waals surface area (Å²) in [7, 11) is 0. The Kier molecular flexibility index (Phi) is 5.29. The number of nitrogens with zero attached hydrogens (tertiary/aromatic N) is 2. The van der Waals surface area contributed by atoms with Crippen LogP contribution < -0.4 is 0 Å². The third-order valence-electron chi connectivity index (χ3n) is 6.14. The fraction of sp³-hybridized carbons (Fsp3) is 0.667. The molecule has 3 aliphatic heterocycles. The van der Waals surface area contributed by atoms with Gasteiger partial charge in [-0.25, -0.2) is 9.18 Å². The highest BCUT2D eigenvalue weighted by molar-refractivity contribution is 5.67. The first kappa shape index (κ1) is 19.2. The van der Waals surface area contributed by atoms with E-state index in [4.69, 9.17) is 0 Å². The molecular weight excluding hydrogens is 331 g/mol. The standard InChI is InChI=1S/C21H31FN2O2/c1-14(2)11-16-12-17(5-6-18(16)22)21(3,4)24(20(25)26)19-13-23-9-7-15(19)8-10-23/h5-6,12,14-15,19H,7-11,13H2,1-4H3,(H,25,26). The summed E-state index contributed by atoms with van der Waals surface area (Å²) in [6, 6.07) is 5.11. The van der Waals surface area contributed by atoms with E-state index in [0.717, 1.165) is 38.0 Å². The van der Waals surface area contributed by atoms with Gasteiger partial charge in [0.25, 0.3) is 0 Å². The first-order chi connectivity index (χ1) is 12.2. The SMILES string of the molecule is CC(C)Cc1cc(C(C)(C)N(C(=O)O)C2CN3CCC2CC3)ccc1F. The number of carbonyl (C=O) groups is 1. The number of hydrogen-bond acceptors (Lipinski definition) is 2. The molecule has 1 N–H and O–H groups in total. The molecular formula is C21H31FN2O2. The number of benzene rings is 1. The Morgan fingerprint density at radius 2 is 2.00 bits per heavy atom. The molecule has 2 bridgehead atoms. The van der Waals surface area contributed by atoms with E-state index in [0.29, 0.717) is 23.8 Å². The van der Waals surface area contributed by atoms with E-state index in [1.807, 2.05) is 19.9 Å². The molecule has 1 atom stereocenters. The summed E-state index contributed by atoms with van der Waals surface area (Å²) in [5.41, 5.74) is 0.840. The van der Waals surface area contributed by atoms with Gasteiger partial charge < -0.3 is 10.0 Å². The molecule has 3 aliphatic rings. The maximum Gasteiger partial charge on any atom is 0.408 e. The molecule has 1 aromatic carbocycles. The van der Waals surface area contributed by atoms with Crippen molar-refractivity contribution >= 4 is 6.09 Å². The van der Waals surface area contributed by atoms with Crippen LogP contribution in [0.4, 0.5) is 9.18 Å². The van der Waals surface area contributed by atoms with Gasteiger partial charge in [0, 0.05) is 6.54 Å². The summed E-state index contributed by atoms with van der Waals surface area (Å²) in [5.74, 6) is 0.564. The van der Waals surface area contributed by atoms with Crippen molar-refractivity contribution in [3.05, 3.63) is 35.1 Å². The molecule has 0 radical (unpaired) electrons. The topological polar surface area (TPSA) is 43.8 Å². The van der Waals surface area contributed by atoms with Crippen LogP contribution in [-0.2, 0) is 12.0 Å². The van der Waals surface area contributed by atoms with Crippen LogP contribution in [0, 0.1) is 17.7 Å². The normalized spacial score (nSPS) is 25.5. The van der Waals surface area contributed by atoms with E-state index >= 15 is 0 Å². The summed E-state index contributed by atoms with van der Waals surface area (Å²) in [4.78, 5) is 16.3. The first-order valence-electron chi connectivity index (χ1n) is 9.73. The van der Waals surface area contributed by atoms with Gasteiger partial charge in [-0.15, -0.1) is 0 Å². The maximum atomic E-state index is 14.2. The second-order valence-corrected chi connectivity index (χ2v) is 8.82. The molecule has 3 fully saturated rings. The van der Waals surface area contributed by atoms with E-state index in [-0.39, 0.29) is 11.9 Å². The third-order valence-corrected chi connectivity index (χ3v) is 6.14. The molecule has 0 spiro atoms. The van der Waals surface area contributed by atoms with Crippen molar-refractivity contribution in [3.8, 4) is 0 Å². The van der Waals surface area contributed by atoms with E-state index in [9.17, 15) is 14.3 Å². The summed E-state index contributed by atoms with van der Waals surface area (Å²) in [6.45, 7) is 11.0. The van der Waals surface area contributed by atoms with Crippen molar-refractivity contribution in [3.63, 3.8) is 0 Å². The first-order valence-corrected chi connectivity index (χ1v) is 9.73. The number of carboxylic acid groups (broad SMARTS) is 1. The maximum absolute atomic E-state index is 14.2. The van der Waals surface area contributed by atoms with Crippen molar-refractivity contribution < 1.29 is 14.3 Å². The van der Waals surface area contributed by atoms with Gasteiger partial charge in [-0.1, -0.05) is 26.0 Å². The average Bonchev–Trinajstić information content (AvgIpc) is 2.57. The van der Waals surface area contributed by atoms with Gasteiger partial charge in [0.2, 0.25) is 0 Å². The molecule has 4 rings (SSSR count). The third kappa shape index (κ3) is 3.59. The molecule has 4 nitrogen and oxygen atoms in total. The summed E-state index contributed by atoms with van der Waals surface area (Å²) in [5, 5.41) is 10.1. The molecule has 26 heavy (non-hydrogen) atoms. The molecule has 3 heterocycles. The van der Waals surface area contributed by atoms with Crippen molar-refractivity contribution in [1.82, 2.24) is 9.80 Å². The lowest BCUT2D eigenvalue weighted by Crippen LogP contribution is -2.62. The van der Waals surface area contributed by atoms with Crippen LogP contribution in [0.15, 0.2) is 18.2 Å². The van der Waals surface area contributed by atoms with Crippen LogP contribution >= 0.6 is 0 Å². The summed E-state index contributed by atoms with van der Waals surface area (Å²) in [6.07, 6.45) is 1.89. The Morgan fingerprint density at radius 1 is 1.35 bits per heavy atom. The zero-order valence-corrected chi connectivity index (χ0v) is 16.3. The minimum Gasteiger partial charge on any atom is -0.465 e. The van der Waals surface area contributed by atoms with Gasteiger partial charge >= 0.3 is 6.09 Å². The smallest absolute Gasteiger partial charge is 0.408 e. The number of halogens is 1. The van der Waals surface area contributed by atoms with Crippen LogP contribution in [-0.4, -0.2) is 46.7 Å². The van der Waals surface area contributed by atoms with E-state index in [2.05, 4.69) is 18.7 Å². The number of fused-ring (bicyclic) bond motifs is 3. The molecule has 0 aromatic heterocycles. The minimum absolute atomic E-state index is 0.00334. The van der Waals surface area contributed by atoms with Gasteiger partial charge in [-0.05, 0) is 75.2 Å². The van der Waals surface area contributed by atoms with Gasteiger partial charge in [0.05, 0.1) is 11.6 Å². The molecule has 5 heteroatoms. The average molecular weight is 362 g/mol. The predicted octanol–water partition coefficient (Wildman–Crippen LogP) is 4.33. The monoisotopic (exact) mass is 362 g/mol. The summed E-state index contributed by atoms with van der Waals surface area (Å²) < 4.78 is 14.2. The molecule has 1 aromatic rings. The highest BCUT2D eigenvalue weighted by atomic mass is 19.1. The number of piperidine rings is 3. The number of hydrogen-bond donors (Lipinski definition) is 1. The lowest BCUT2D eigenvalue weighted by molar-refractivity contribution is -0.0289. The van der Waals surface area contributed by atoms with Crippen LogP contribution in [0.2, 0.25) is 0 Å². The molecule has 1 amide bonds. The van der Waals surface area contributed by atoms with E-state index in [1.165, 1.54) is 6.07 Å². The Labute approximate surface area is 156 Å². The number of amides is 1.